The first-order chi connectivity index (χ1) is 11.5. The van der Waals surface area contributed by atoms with Crippen LogP contribution in [-0.2, 0) is 0 Å². The summed E-state index contributed by atoms with van der Waals surface area (Å²) in [5, 5.41) is 0.164. The highest BCUT2D eigenvalue weighted by molar-refractivity contribution is 6.33. The van der Waals surface area contributed by atoms with Gasteiger partial charge >= 0.3 is 0 Å². The van der Waals surface area contributed by atoms with Crippen molar-refractivity contribution in [2.75, 3.05) is 31.1 Å². The number of anilines is 1. The Hall–Kier alpha value is -2.07. The summed E-state index contributed by atoms with van der Waals surface area (Å²) < 4.78 is 13.9. The summed E-state index contributed by atoms with van der Waals surface area (Å²) in [7, 11) is 0. The number of hydrogen-bond donors (Lipinski definition) is 0. The van der Waals surface area contributed by atoms with Gasteiger partial charge < -0.3 is 9.80 Å². The molecule has 3 nitrogen and oxygen atoms in total. The van der Waals surface area contributed by atoms with Gasteiger partial charge in [-0.2, -0.15) is 0 Å². The highest BCUT2D eigenvalue weighted by atomic mass is 35.5. The molecule has 3 rings (SSSR count). The zero-order valence-electron chi connectivity index (χ0n) is 13.9. The molecule has 1 aliphatic heterocycles. The van der Waals surface area contributed by atoms with Gasteiger partial charge in [0.15, 0.2) is 0 Å². The maximum Gasteiger partial charge on any atom is 0.258 e. The summed E-state index contributed by atoms with van der Waals surface area (Å²) in [5.41, 5.74) is 3.65. The molecule has 0 aromatic heterocycles. The van der Waals surface area contributed by atoms with Crippen molar-refractivity contribution in [3.05, 3.63) is 63.9 Å². The quantitative estimate of drug-likeness (QED) is 0.818. The van der Waals surface area contributed by atoms with E-state index in [1.165, 1.54) is 23.3 Å². The molecule has 1 saturated heterocycles. The predicted octanol–water partition coefficient (Wildman–Crippen LogP) is 4.06. The molecule has 0 saturated carbocycles. The minimum Gasteiger partial charge on any atom is -0.368 e. The highest BCUT2D eigenvalue weighted by Crippen LogP contribution is 2.23. The third kappa shape index (κ3) is 3.24. The molecule has 1 amide bonds. The van der Waals surface area contributed by atoms with Crippen molar-refractivity contribution in [1.29, 1.82) is 0 Å². The van der Waals surface area contributed by atoms with Crippen LogP contribution in [0, 0.1) is 19.7 Å². The molecule has 0 bridgehead atoms. The Morgan fingerprint density at radius 1 is 1.04 bits per heavy atom. The van der Waals surface area contributed by atoms with Gasteiger partial charge in [0.05, 0.1) is 10.6 Å². The lowest BCUT2D eigenvalue weighted by Crippen LogP contribution is -2.49. The average molecular weight is 347 g/mol. The number of carbonyl (C=O) groups is 1. The van der Waals surface area contributed by atoms with Crippen molar-refractivity contribution in [2.45, 2.75) is 13.8 Å². The van der Waals surface area contributed by atoms with Crippen LogP contribution in [0.2, 0.25) is 5.02 Å². The van der Waals surface area contributed by atoms with Crippen molar-refractivity contribution in [3.8, 4) is 0 Å². The van der Waals surface area contributed by atoms with Crippen LogP contribution in [0.25, 0.3) is 0 Å². The van der Waals surface area contributed by atoms with E-state index < -0.39 is 5.82 Å². The van der Waals surface area contributed by atoms with Crippen LogP contribution in [0.5, 0.6) is 0 Å². The van der Waals surface area contributed by atoms with Gasteiger partial charge in [0, 0.05) is 31.9 Å². The number of piperazine rings is 1. The van der Waals surface area contributed by atoms with Gasteiger partial charge in [-0.05, 0) is 49.2 Å². The van der Waals surface area contributed by atoms with Crippen molar-refractivity contribution in [3.63, 3.8) is 0 Å². The van der Waals surface area contributed by atoms with Crippen LogP contribution < -0.4 is 4.90 Å². The topological polar surface area (TPSA) is 23.6 Å². The second-order valence-electron chi connectivity index (χ2n) is 6.14. The molecule has 0 radical (unpaired) electrons. The van der Waals surface area contributed by atoms with Crippen LogP contribution in [0.4, 0.5) is 10.1 Å². The van der Waals surface area contributed by atoms with E-state index in [0.29, 0.717) is 13.1 Å². The first-order valence-electron chi connectivity index (χ1n) is 8.03. The van der Waals surface area contributed by atoms with E-state index in [9.17, 15) is 9.18 Å². The molecule has 2 aromatic rings. The number of rotatable bonds is 2. The number of hydrogen-bond acceptors (Lipinski definition) is 2. The fourth-order valence-corrected chi connectivity index (χ4v) is 3.19. The number of amides is 1. The predicted molar refractivity (Wildman–Crippen MR) is 95.4 cm³/mol. The number of nitrogens with zero attached hydrogens (tertiary/aromatic N) is 2. The summed E-state index contributed by atoms with van der Waals surface area (Å²) in [5.74, 6) is -0.901. The molecule has 24 heavy (non-hydrogen) atoms. The number of aryl methyl sites for hydroxylation is 2. The summed E-state index contributed by atoms with van der Waals surface area (Å²) in [6, 6.07) is 10.7. The molecule has 1 aliphatic rings. The largest absolute Gasteiger partial charge is 0.368 e. The second kappa shape index (κ2) is 6.81. The molecule has 126 valence electrons. The zero-order chi connectivity index (χ0) is 17.3. The summed E-state index contributed by atoms with van der Waals surface area (Å²) >= 11 is 6.00. The maximum atomic E-state index is 13.9. The molecule has 1 fully saturated rings. The summed E-state index contributed by atoms with van der Waals surface area (Å²) in [6.45, 7) is 6.74. The highest BCUT2D eigenvalue weighted by Gasteiger charge is 2.26. The zero-order valence-corrected chi connectivity index (χ0v) is 14.6. The fourth-order valence-electron chi connectivity index (χ4n) is 2.95. The molecule has 0 N–H and O–H groups in total. The van der Waals surface area contributed by atoms with E-state index in [-0.39, 0.29) is 16.5 Å². The van der Waals surface area contributed by atoms with Gasteiger partial charge in [-0.1, -0.05) is 23.7 Å². The smallest absolute Gasteiger partial charge is 0.258 e. The lowest BCUT2D eigenvalue weighted by molar-refractivity contribution is 0.0742. The van der Waals surface area contributed by atoms with Crippen LogP contribution in [0.1, 0.15) is 21.5 Å². The first kappa shape index (κ1) is 16.8. The Morgan fingerprint density at radius 3 is 2.38 bits per heavy atom. The van der Waals surface area contributed by atoms with Gasteiger partial charge in [-0.3, -0.25) is 4.79 Å². The molecule has 5 heteroatoms. The van der Waals surface area contributed by atoms with Crippen molar-refractivity contribution in [1.82, 2.24) is 4.90 Å². The molecule has 0 atom stereocenters. The van der Waals surface area contributed by atoms with Crippen LogP contribution in [-0.4, -0.2) is 37.0 Å². The van der Waals surface area contributed by atoms with E-state index in [2.05, 4.69) is 36.9 Å². The van der Waals surface area contributed by atoms with Crippen LogP contribution in [0.3, 0.4) is 0 Å². The fraction of sp³-hybridized carbons (Fsp3) is 0.316. The normalized spacial score (nSPS) is 14.8. The Balaban J connectivity index is 1.70. The number of benzene rings is 2. The molecule has 0 unspecified atom stereocenters. The molecular formula is C19H20ClFN2O. The van der Waals surface area contributed by atoms with E-state index in [0.717, 1.165) is 18.8 Å². The van der Waals surface area contributed by atoms with Crippen LogP contribution >= 0.6 is 11.6 Å². The standard InChI is InChI=1S/C19H20ClFN2O/c1-13-6-7-15(12-14(13)2)22-8-10-23(11-9-22)19(24)18-16(20)4-3-5-17(18)21/h3-7,12H,8-11H2,1-2H3. The second-order valence-corrected chi connectivity index (χ2v) is 6.55. The molecule has 0 spiro atoms. The lowest BCUT2D eigenvalue weighted by Gasteiger charge is -2.36. The van der Waals surface area contributed by atoms with Crippen LogP contribution in [0.15, 0.2) is 36.4 Å². The van der Waals surface area contributed by atoms with Gasteiger partial charge in [0.1, 0.15) is 5.82 Å². The number of halogens is 2. The summed E-state index contributed by atoms with van der Waals surface area (Å²) in [6.07, 6.45) is 0. The van der Waals surface area contributed by atoms with E-state index in [1.54, 1.807) is 11.0 Å². The third-order valence-corrected chi connectivity index (χ3v) is 4.91. The van der Waals surface area contributed by atoms with Gasteiger partial charge in [0.2, 0.25) is 0 Å². The number of carbonyl (C=O) groups excluding carboxylic acids is 1. The Kier molecular flexibility index (Phi) is 4.76. The van der Waals surface area contributed by atoms with Gasteiger partial charge in [-0.25, -0.2) is 4.39 Å². The molecule has 2 aromatic carbocycles. The Labute approximate surface area is 146 Å². The minimum atomic E-state index is -0.566. The van der Waals surface area contributed by atoms with Crippen molar-refractivity contribution >= 4 is 23.2 Å². The molecule has 0 aliphatic carbocycles. The van der Waals surface area contributed by atoms with E-state index in [1.807, 2.05) is 0 Å². The van der Waals surface area contributed by atoms with Gasteiger partial charge in [0.25, 0.3) is 5.91 Å². The van der Waals surface area contributed by atoms with Crippen molar-refractivity contribution in [2.24, 2.45) is 0 Å². The van der Waals surface area contributed by atoms with Crippen molar-refractivity contribution < 1.29 is 9.18 Å². The SMILES string of the molecule is Cc1ccc(N2CCN(C(=O)c3c(F)cccc3Cl)CC2)cc1C. The first-order valence-corrected chi connectivity index (χ1v) is 8.40. The van der Waals surface area contributed by atoms with E-state index >= 15 is 0 Å². The van der Waals surface area contributed by atoms with Gasteiger partial charge in [-0.15, -0.1) is 0 Å². The lowest BCUT2D eigenvalue weighted by atomic mass is 10.1. The molecule has 1 heterocycles. The average Bonchev–Trinajstić information content (AvgIpc) is 2.57. The third-order valence-electron chi connectivity index (χ3n) is 4.60. The summed E-state index contributed by atoms with van der Waals surface area (Å²) in [4.78, 5) is 16.5. The maximum absolute atomic E-state index is 13.9. The Bertz CT molecular complexity index is 750. The Morgan fingerprint density at radius 2 is 1.75 bits per heavy atom. The molecular weight excluding hydrogens is 327 g/mol. The minimum absolute atomic E-state index is 0.0289. The monoisotopic (exact) mass is 346 g/mol. The van der Waals surface area contributed by atoms with E-state index in [4.69, 9.17) is 11.6 Å².